The van der Waals surface area contributed by atoms with Gasteiger partial charge in [0.05, 0.1) is 11.6 Å². The van der Waals surface area contributed by atoms with Crippen molar-refractivity contribution in [3.8, 4) is 0 Å². The van der Waals surface area contributed by atoms with E-state index in [1.807, 2.05) is 25.2 Å². The summed E-state index contributed by atoms with van der Waals surface area (Å²) in [4.78, 5) is 40.2. The molecule has 4 N–H and O–H groups in total. The third-order valence-corrected chi connectivity index (χ3v) is 7.70. The van der Waals surface area contributed by atoms with Gasteiger partial charge in [0.2, 0.25) is 11.8 Å². The van der Waals surface area contributed by atoms with Gasteiger partial charge in [-0.3, -0.25) is 14.4 Å². The Hall–Kier alpha value is -3.78. The first kappa shape index (κ1) is 24.9. The molecule has 3 amide bonds. The van der Waals surface area contributed by atoms with Gasteiger partial charge < -0.3 is 21.3 Å². The van der Waals surface area contributed by atoms with E-state index < -0.39 is 17.1 Å². The van der Waals surface area contributed by atoms with E-state index in [-0.39, 0.29) is 23.5 Å². The molecule has 1 saturated carbocycles. The first-order valence-electron chi connectivity index (χ1n) is 12.7. The normalized spacial score (nSPS) is 24.3. The maximum absolute atomic E-state index is 13.3. The van der Waals surface area contributed by atoms with Crippen LogP contribution in [0.15, 0.2) is 66.8 Å². The molecule has 2 unspecified atom stereocenters. The van der Waals surface area contributed by atoms with Gasteiger partial charge >= 0.3 is 0 Å². The van der Waals surface area contributed by atoms with E-state index >= 15 is 0 Å². The number of nitrogens with two attached hydrogens (primary N) is 1. The highest BCUT2D eigenvalue weighted by Crippen LogP contribution is 2.41. The van der Waals surface area contributed by atoms with Crippen molar-refractivity contribution >= 4 is 29.0 Å². The fourth-order valence-corrected chi connectivity index (χ4v) is 5.23. The molecule has 1 saturated heterocycles. The number of rotatable bonds is 6. The molecule has 0 aromatic heterocycles. The number of carbonyl (C=O) groups excluding carboxylic acids is 3. The Kier molecular flexibility index (Phi) is 6.45. The molecule has 2 aliphatic carbocycles. The minimum atomic E-state index is -0.808. The highest BCUT2D eigenvalue weighted by Gasteiger charge is 2.52. The SMILES string of the molecule is CC1(N)C=CC(c2ccc(F)cc2)=CC1NC(=O)c1ccc(NC(=O)C2(N3CCCC3=O)CCC2)cc1. The molecule has 2 aromatic carbocycles. The number of nitrogens with zero attached hydrogens (tertiary/aromatic N) is 1. The van der Waals surface area contributed by atoms with Gasteiger partial charge in [0, 0.05) is 24.2 Å². The number of carbonyl (C=O) groups is 3. The molecule has 2 aromatic rings. The lowest BCUT2D eigenvalue weighted by molar-refractivity contribution is -0.147. The summed E-state index contributed by atoms with van der Waals surface area (Å²) in [5, 5.41) is 5.92. The number of halogens is 1. The third kappa shape index (κ3) is 4.81. The Morgan fingerprint density at radius 3 is 2.35 bits per heavy atom. The molecule has 0 bridgehead atoms. The number of anilines is 1. The monoisotopic (exact) mass is 502 g/mol. The number of nitrogens with one attached hydrogen (secondary N) is 2. The van der Waals surface area contributed by atoms with E-state index in [0.29, 0.717) is 37.1 Å². The predicted molar refractivity (Wildman–Crippen MR) is 140 cm³/mol. The molecule has 0 radical (unpaired) electrons. The van der Waals surface area contributed by atoms with Crippen molar-refractivity contribution in [2.45, 2.75) is 56.1 Å². The summed E-state index contributed by atoms with van der Waals surface area (Å²) in [7, 11) is 0. The largest absolute Gasteiger partial charge is 0.344 e. The number of likely N-dealkylation sites (tertiary alicyclic amines) is 1. The van der Waals surface area contributed by atoms with Crippen molar-refractivity contribution in [2.75, 3.05) is 11.9 Å². The molecule has 2 fully saturated rings. The van der Waals surface area contributed by atoms with Crippen molar-refractivity contribution in [3.05, 3.63) is 83.7 Å². The Morgan fingerprint density at radius 1 is 1.05 bits per heavy atom. The second-order valence-electron chi connectivity index (χ2n) is 10.3. The number of hydrogen-bond acceptors (Lipinski definition) is 4. The molecule has 5 rings (SSSR count). The molecule has 1 heterocycles. The van der Waals surface area contributed by atoms with Gasteiger partial charge in [-0.2, -0.15) is 0 Å². The molecular formula is C29H31FN4O3. The van der Waals surface area contributed by atoms with Crippen LogP contribution in [0, 0.1) is 5.82 Å². The zero-order chi connectivity index (χ0) is 26.2. The Balaban J connectivity index is 1.26. The van der Waals surface area contributed by atoms with Crippen molar-refractivity contribution < 1.29 is 18.8 Å². The molecule has 7 nitrogen and oxygen atoms in total. The predicted octanol–water partition coefficient (Wildman–Crippen LogP) is 3.78. The molecule has 192 valence electrons. The smallest absolute Gasteiger partial charge is 0.251 e. The standard InChI is InChI=1S/C29H31FN4O3/c1-28(31)16-13-21(19-5-9-22(30)10-6-19)18-24(28)33-26(36)20-7-11-23(12-8-20)32-27(37)29(14-3-15-29)34-17-2-4-25(34)35/h5-13,16,18,24H,2-4,14-15,17,31H2,1H3,(H,32,37)(H,33,36). The third-order valence-electron chi connectivity index (χ3n) is 7.70. The summed E-state index contributed by atoms with van der Waals surface area (Å²) < 4.78 is 13.3. The highest BCUT2D eigenvalue weighted by molar-refractivity contribution is 6.02. The molecule has 37 heavy (non-hydrogen) atoms. The first-order valence-corrected chi connectivity index (χ1v) is 12.7. The van der Waals surface area contributed by atoms with Crippen LogP contribution in [0.1, 0.15) is 54.9 Å². The average Bonchev–Trinajstić information content (AvgIpc) is 3.26. The second-order valence-corrected chi connectivity index (χ2v) is 10.3. The zero-order valence-corrected chi connectivity index (χ0v) is 20.8. The summed E-state index contributed by atoms with van der Waals surface area (Å²) in [6, 6.07) is 12.3. The molecule has 3 aliphatic rings. The van der Waals surface area contributed by atoms with Crippen LogP contribution in [0.5, 0.6) is 0 Å². The summed E-state index contributed by atoms with van der Waals surface area (Å²) in [6.45, 7) is 2.45. The number of amides is 3. The minimum absolute atomic E-state index is 0.0444. The fraction of sp³-hybridized carbons (Fsp3) is 0.345. The van der Waals surface area contributed by atoms with Crippen molar-refractivity contribution in [1.82, 2.24) is 10.2 Å². The lowest BCUT2D eigenvalue weighted by atomic mass is 9.74. The van der Waals surface area contributed by atoms with Crippen LogP contribution in [0.2, 0.25) is 0 Å². The van der Waals surface area contributed by atoms with E-state index in [1.54, 1.807) is 41.3 Å². The minimum Gasteiger partial charge on any atom is -0.344 e. The van der Waals surface area contributed by atoms with E-state index in [9.17, 15) is 18.8 Å². The Labute approximate surface area is 215 Å². The molecule has 1 aliphatic heterocycles. The van der Waals surface area contributed by atoms with Crippen LogP contribution < -0.4 is 16.4 Å². The van der Waals surface area contributed by atoms with E-state index in [1.165, 1.54) is 12.1 Å². The van der Waals surface area contributed by atoms with Crippen molar-refractivity contribution in [1.29, 1.82) is 0 Å². The average molecular weight is 503 g/mol. The lowest BCUT2D eigenvalue weighted by Crippen LogP contribution is -2.61. The van der Waals surface area contributed by atoms with Crippen LogP contribution in [0.4, 0.5) is 10.1 Å². The van der Waals surface area contributed by atoms with E-state index in [4.69, 9.17) is 5.73 Å². The second kappa shape index (κ2) is 9.59. The van der Waals surface area contributed by atoms with Crippen LogP contribution in [-0.4, -0.2) is 46.3 Å². The highest BCUT2D eigenvalue weighted by atomic mass is 19.1. The molecule has 0 spiro atoms. The van der Waals surface area contributed by atoms with E-state index in [2.05, 4.69) is 10.6 Å². The van der Waals surface area contributed by atoms with Crippen LogP contribution in [-0.2, 0) is 9.59 Å². The number of benzene rings is 2. The summed E-state index contributed by atoms with van der Waals surface area (Å²) in [5.41, 5.74) is 7.53. The fourth-order valence-electron chi connectivity index (χ4n) is 5.23. The number of hydrogen-bond donors (Lipinski definition) is 3. The Bertz CT molecular complexity index is 1280. The van der Waals surface area contributed by atoms with Gasteiger partial charge in [0.15, 0.2) is 0 Å². The van der Waals surface area contributed by atoms with Gasteiger partial charge in [-0.15, -0.1) is 0 Å². The molecular weight excluding hydrogens is 471 g/mol. The van der Waals surface area contributed by atoms with Crippen LogP contribution >= 0.6 is 0 Å². The molecule has 8 heteroatoms. The lowest BCUT2D eigenvalue weighted by Gasteiger charge is -2.47. The van der Waals surface area contributed by atoms with Gasteiger partial charge in [-0.1, -0.05) is 30.4 Å². The van der Waals surface area contributed by atoms with E-state index in [0.717, 1.165) is 24.0 Å². The van der Waals surface area contributed by atoms with Crippen LogP contribution in [0.3, 0.4) is 0 Å². The summed E-state index contributed by atoms with van der Waals surface area (Å²) in [6.07, 6.45) is 9.13. The first-order chi connectivity index (χ1) is 17.7. The maximum Gasteiger partial charge on any atom is 0.251 e. The van der Waals surface area contributed by atoms with Gasteiger partial charge in [-0.25, -0.2) is 4.39 Å². The summed E-state index contributed by atoms with van der Waals surface area (Å²) >= 11 is 0. The van der Waals surface area contributed by atoms with Gasteiger partial charge in [0.25, 0.3) is 5.91 Å². The Morgan fingerprint density at radius 2 is 1.76 bits per heavy atom. The quantitative estimate of drug-likeness (QED) is 0.559. The van der Waals surface area contributed by atoms with Gasteiger partial charge in [0.1, 0.15) is 11.4 Å². The molecule has 2 atom stereocenters. The summed E-state index contributed by atoms with van der Waals surface area (Å²) in [5.74, 6) is -0.743. The topological polar surface area (TPSA) is 105 Å². The van der Waals surface area contributed by atoms with Gasteiger partial charge in [-0.05, 0) is 80.1 Å². The van der Waals surface area contributed by atoms with Crippen LogP contribution in [0.25, 0.3) is 5.57 Å². The zero-order valence-electron chi connectivity index (χ0n) is 20.8. The maximum atomic E-state index is 13.3. The van der Waals surface area contributed by atoms with Crippen molar-refractivity contribution in [2.24, 2.45) is 5.73 Å². The van der Waals surface area contributed by atoms with Crippen molar-refractivity contribution in [3.63, 3.8) is 0 Å². The number of allylic oxidation sites excluding steroid dienone is 2.